The number of aromatic amines is 1. The number of nitrogens with one attached hydrogen (secondary N) is 4. The first-order chi connectivity index (χ1) is 21.3. The van der Waals surface area contributed by atoms with Gasteiger partial charge in [0.05, 0.1) is 12.1 Å². The molecule has 3 amide bonds. The summed E-state index contributed by atoms with van der Waals surface area (Å²) < 4.78 is 18.1. The van der Waals surface area contributed by atoms with Crippen molar-refractivity contribution in [2.75, 3.05) is 19.6 Å². The van der Waals surface area contributed by atoms with Crippen molar-refractivity contribution in [3.05, 3.63) is 87.2 Å². The largest absolute Gasteiger partial charge is 0.438 e. The third kappa shape index (κ3) is 7.23. The molecule has 1 saturated carbocycles. The van der Waals surface area contributed by atoms with Gasteiger partial charge >= 0.3 is 5.76 Å². The Morgan fingerprint density at radius 1 is 1.02 bits per heavy atom. The van der Waals surface area contributed by atoms with E-state index in [-0.39, 0.29) is 55.2 Å². The molecule has 3 aromatic rings. The van der Waals surface area contributed by atoms with Crippen LogP contribution in [0.1, 0.15) is 58.6 Å². The molecule has 0 unspecified atom stereocenters. The molecule has 4 N–H and O–H groups in total. The predicted molar refractivity (Wildman–Crippen MR) is 157 cm³/mol. The van der Waals surface area contributed by atoms with Crippen LogP contribution in [0, 0.1) is 17.8 Å². The lowest BCUT2D eigenvalue weighted by atomic mass is 10.1. The minimum atomic E-state index is -1.03. The highest BCUT2D eigenvalue weighted by Gasteiger charge is 2.42. The summed E-state index contributed by atoms with van der Waals surface area (Å²) in [5.41, 5.74) is 2.98. The summed E-state index contributed by atoms with van der Waals surface area (Å²) in [6, 6.07) is 13.5. The molecule has 12 heteroatoms. The van der Waals surface area contributed by atoms with Crippen molar-refractivity contribution in [2.24, 2.45) is 5.92 Å². The van der Waals surface area contributed by atoms with Gasteiger partial charge in [0.2, 0.25) is 11.8 Å². The smallest absolute Gasteiger partial charge is 0.350 e. The zero-order chi connectivity index (χ0) is 30.6. The topological polar surface area (TPSA) is 149 Å². The van der Waals surface area contributed by atoms with Gasteiger partial charge in [-0.3, -0.25) is 23.9 Å². The van der Waals surface area contributed by atoms with E-state index < -0.39 is 18.0 Å². The van der Waals surface area contributed by atoms with Gasteiger partial charge in [-0.15, -0.1) is 0 Å². The predicted octanol–water partition coefficient (Wildman–Crippen LogP) is 1.28. The van der Waals surface area contributed by atoms with Crippen LogP contribution in [0.25, 0.3) is 0 Å². The first-order valence-electron chi connectivity index (χ1n) is 14.8. The number of alkyl halides is 1. The quantitative estimate of drug-likeness (QED) is 0.285. The third-order valence-corrected chi connectivity index (χ3v) is 8.17. The van der Waals surface area contributed by atoms with Gasteiger partial charge in [-0.05, 0) is 61.2 Å². The maximum absolute atomic E-state index is 13.5. The highest BCUT2D eigenvalue weighted by Crippen LogP contribution is 2.33. The molecule has 1 aliphatic carbocycles. The lowest BCUT2D eigenvalue weighted by Gasteiger charge is -2.25. The molecule has 6 rings (SSSR count). The minimum Gasteiger partial charge on any atom is -0.350 e. The molecule has 2 aliphatic heterocycles. The van der Waals surface area contributed by atoms with Crippen LogP contribution in [0.5, 0.6) is 0 Å². The minimum absolute atomic E-state index is 0.0178. The summed E-state index contributed by atoms with van der Waals surface area (Å²) in [6.07, 6.45) is 1.81. The summed E-state index contributed by atoms with van der Waals surface area (Å²) in [5, 5.41) is 12.5. The van der Waals surface area contributed by atoms with Gasteiger partial charge in [-0.25, -0.2) is 9.18 Å². The number of halogens is 1. The Hall–Kier alpha value is -4.76. The second kappa shape index (κ2) is 12.9. The van der Waals surface area contributed by atoms with Gasteiger partial charge in [0.25, 0.3) is 5.91 Å². The summed E-state index contributed by atoms with van der Waals surface area (Å²) >= 11 is 0. The molecular weight excluding hydrogens is 567 g/mol. The number of rotatable bonds is 8. The van der Waals surface area contributed by atoms with Gasteiger partial charge in [-0.2, -0.15) is 0 Å². The second-order valence-electron chi connectivity index (χ2n) is 11.6. The van der Waals surface area contributed by atoms with Gasteiger partial charge in [0, 0.05) is 61.1 Å². The molecule has 1 aromatic heterocycles. The van der Waals surface area contributed by atoms with E-state index in [4.69, 9.17) is 0 Å². The first-order valence-corrected chi connectivity index (χ1v) is 14.8. The SMILES string of the molecule is O=C(NC[C@H]1C[C@@H](NC(=O)[C@@H]2C[C@H](F)CN2)CN1C(=O)C1CC1)c1ccc(C#Cc2ccc(Cc3noc(=O)[nH]3)cc2)cc1. The third-order valence-electron chi connectivity index (χ3n) is 8.17. The van der Waals surface area contributed by atoms with Crippen LogP contribution in [0.3, 0.4) is 0 Å². The Morgan fingerprint density at radius 3 is 2.34 bits per heavy atom. The second-order valence-corrected chi connectivity index (χ2v) is 11.6. The zero-order valence-electron chi connectivity index (χ0n) is 24.0. The molecule has 4 atom stereocenters. The number of nitrogens with zero attached hydrogens (tertiary/aromatic N) is 2. The fourth-order valence-electron chi connectivity index (χ4n) is 5.64. The summed E-state index contributed by atoms with van der Waals surface area (Å²) in [6.45, 7) is 0.816. The van der Waals surface area contributed by atoms with Crippen LogP contribution in [0.2, 0.25) is 0 Å². The number of H-pyrrole nitrogens is 1. The molecule has 2 saturated heterocycles. The first kappa shape index (κ1) is 29.3. The van der Waals surface area contributed by atoms with E-state index >= 15 is 0 Å². The van der Waals surface area contributed by atoms with Crippen molar-refractivity contribution in [3.63, 3.8) is 0 Å². The van der Waals surface area contributed by atoms with Crippen molar-refractivity contribution in [3.8, 4) is 11.8 Å². The number of amides is 3. The molecule has 228 valence electrons. The van der Waals surface area contributed by atoms with Crippen molar-refractivity contribution in [2.45, 2.75) is 56.4 Å². The molecule has 0 bridgehead atoms. The van der Waals surface area contributed by atoms with Gasteiger partial charge in [0.15, 0.2) is 5.82 Å². The molecule has 0 radical (unpaired) electrons. The van der Waals surface area contributed by atoms with E-state index in [1.54, 1.807) is 29.2 Å². The van der Waals surface area contributed by atoms with Gasteiger partial charge < -0.3 is 20.9 Å². The summed E-state index contributed by atoms with van der Waals surface area (Å²) in [5.74, 6) is 5.63. The normalized spacial score (nSPS) is 22.7. The summed E-state index contributed by atoms with van der Waals surface area (Å²) in [4.78, 5) is 53.9. The van der Waals surface area contributed by atoms with Crippen LogP contribution in [0.15, 0.2) is 57.8 Å². The lowest BCUT2D eigenvalue weighted by Crippen LogP contribution is -2.46. The number of hydrogen-bond donors (Lipinski definition) is 4. The molecule has 11 nitrogen and oxygen atoms in total. The van der Waals surface area contributed by atoms with Crippen molar-refractivity contribution >= 4 is 17.7 Å². The average molecular weight is 601 g/mol. The van der Waals surface area contributed by atoms with Gasteiger partial charge in [-0.1, -0.05) is 29.1 Å². The van der Waals surface area contributed by atoms with E-state index in [2.05, 4.69) is 42.5 Å². The van der Waals surface area contributed by atoms with E-state index in [1.807, 2.05) is 24.3 Å². The van der Waals surface area contributed by atoms with E-state index in [9.17, 15) is 23.6 Å². The Labute approximate surface area is 253 Å². The monoisotopic (exact) mass is 600 g/mol. The molecular formula is C32H33FN6O5. The number of hydrogen-bond acceptors (Lipinski definition) is 7. The molecule has 0 spiro atoms. The van der Waals surface area contributed by atoms with E-state index in [0.29, 0.717) is 30.8 Å². The molecule has 3 fully saturated rings. The highest BCUT2D eigenvalue weighted by molar-refractivity contribution is 5.94. The maximum Gasteiger partial charge on any atom is 0.438 e. The van der Waals surface area contributed by atoms with Crippen LogP contribution in [-0.2, 0) is 16.0 Å². The van der Waals surface area contributed by atoms with Crippen LogP contribution in [0.4, 0.5) is 4.39 Å². The van der Waals surface area contributed by atoms with Crippen LogP contribution >= 0.6 is 0 Å². The van der Waals surface area contributed by atoms with E-state index in [0.717, 1.165) is 29.5 Å². The van der Waals surface area contributed by atoms with E-state index in [1.165, 1.54) is 0 Å². The van der Waals surface area contributed by atoms with Gasteiger partial charge in [0.1, 0.15) is 6.17 Å². The average Bonchev–Trinajstić information content (AvgIpc) is 3.46. The van der Waals surface area contributed by atoms with Crippen molar-refractivity contribution < 1.29 is 23.3 Å². The van der Waals surface area contributed by atoms with Crippen LogP contribution in [-0.4, -0.2) is 76.7 Å². The van der Waals surface area contributed by atoms with Crippen molar-refractivity contribution in [1.82, 2.24) is 31.0 Å². The Balaban J connectivity index is 1.02. The number of likely N-dealkylation sites (tertiary alicyclic amines) is 1. The molecule has 3 aliphatic rings. The Kier molecular flexibility index (Phi) is 8.56. The number of carbonyl (C=O) groups is 3. The number of benzene rings is 2. The number of aromatic nitrogens is 2. The maximum atomic E-state index is 13.5. The standard InChI is InChI=1S/C32H33FN6O5/c33-24-14-27(34-16-24)30(41)36-25-15-26(39(18-25)31(42)23-11-12-23)17-35-29(40)22-9-7-20(8-10-22)2-1-19-3-5-21(6-4-19)13-28-37-32(43)44-38-28/h3-10,23-27,34H,11-18H2,(H,35,40)(H,36,41)(H,37,38,43)/t24-,25+,26+,27-/m0/s1. The highest BCUT2D eigenvalue weighted by atomic mass is 19.1. The lowest BCUT2D eigenvalue weighted by molar-refractivity contribution is -0.133. The Bertz CT molecular complexity index is 1640. The number of carbonyl (C=O) groups excluding carboxylic acids is 3. The summed E-state index contributed by atoms with van der Waals surface area (Å²) in [7, 11) is 0. The Morgan fingerprint density at radius 2 is 1.73 bits per heavy atom. The fraction of sp³-hybridized carbons (Fsp3) is 0.406. The molecule has 44 heavy (non-hydrogen) atoms. The fourth-order valence-corrected chi connectivity index (χ4v) is 5.64. The van der Waals surface area contributed by atoms with Crippen molar-refractivity contribution in [1.29, 1.82) is 0 Å². The zero-order valence-corrected chi connectivity index (χ0v) is 24.0. The molecule has 3 heterocycles. The molecule has 2 aromatic carbocycles. The van der Waals surface area contributed by atoms with Crippen LogP contribution < -0.4 is 21.7 Å².